The van der Waals surface area contributed by atoms with E-state index in [0.29, 0.717) is 5.15 Å². The smallest absolute Gasteiger partial charge is 0.133 e. The highest BCUT2D eigenvalue weighted by Crippen LogP contribution is 2.24. The minimum Gasteiger partial charge on any atom is -0.233 e. The monoisotopic (exact) mass is 260 g/mol. The first-order valence-corrected chi connectivity index (χ1v) is 6.47. The zero-order valence-corrected chi connectivity index (χ0v) is 11.9. The summed E-state index contributed by atoms with van der Waals surface area (Å²) in [6, 6.07) is 8.14. The fourth-order valence-corrected chi connectivity index (χ4v) is 1.93. The first kappa shape index (κ1) is 13.0. The van der Waals surface area contributed by atoms with Gasteiger partial charge in [0.2, 0.25) is 0 Å². The summed E-state index contributed by atoms with van der Waals surface area (Å²) in [5.41, 5.74) is 4.52. The van der Waals surface area contributed by atoms with E-state index in [1.807, 2.05) is 6.07 Å². The molecule has 1 aromatic carbocycles. The van der Waals surface area contributed by atoms with E-state index >= 15 is 0 Å². The van der Waals surface area contributed by atoms with Crippen LogP contribution in [0, 0.1) is 13.8 Å². The van der Waals surface area contributed by atoms with Crippen molar-refractivity contribution in [3.63, 3.8) is 0 Å². The molecule has 0 unspecified atom stereocenters. The van der Waals surface area contributed by atoms with Gasteiger partial charge in [-0.25, -0.2) is 9.97 Å². The number of rotatable bonds is 2. The van der Waals surface area contributed by atoms with Crippen LogP contribution >= 0.6 is 11.6 Å². The Morgan fingerprint density at radius 3 is 2.33 bits per heavy atom. The van der Waals surface area contributed by atoms with E-state index in [0.717, 1.165) is 17.1 Å². The SMILES string of the molecule is Cc1ccc(-c2cc(Cl)nc(C(C)C)n2)cc1C. The van der Waals surface area contributed by atoms with Gasteiger partial charge in [-0.05, 0) is 31.0 Å². The van der Waals surface area contributed by atoms with Gasteiger partial charge in [0.15, 0.2) is 0 Å². The summed E-state index contributed by atoms with van der Waals surface area (Å²) in [7, 11) is 0. The van der Waals surface area contributed by atoms with Crippen LogP contribution in [-0.2, 0) is 0 Å². The summed E-state index contributed by atoms with van der Waals surface area (Å²) in [6.45, 7) is 8.34. The number of aryl methyl sites for hydroxylation is 2. The Kier molecular flexibility index (Phi) is 3.67. The summed E-state index contributed by atoms with van der Waals surface area (Å²) in [5.74, 6) is 1.06. The molecule has 1 aromatic heterocycles. The van der Waals surface area contributed by atoms with Crippen molar-refractivity contribution in [2.75, 3.05) is 0 Å². The van der Waals surface area contributed by atoms with Gasteiger partial charge in [0.1, 0.15) is 11.0 Å². The largest absolute Gasteiger partial charge is 0.233 e. The summed E-state index contributed by atoms with van der Waals surface area (Å²) in [6.07, 6.45) is 0. The van der Waals surface area contributed by atoms with Gasteiger partial charge in [0.25, 0.3) is 0 Å². The molecule has 0 atom stereocenters. The average molecular weight is 261 g/mol. The highest BCUT2D eigenvalue weighted by Gasteiger charge is 2.09. The van der Waals surface area contributed by atoms with Crippen molar-refractivity contribution in [2.24, 2.45) is 0 Å². The molecule has 2 aromatic rings. The quantitative estimate of drug-likeness (QED) is 0.741. The molecule has 18 heavy (non-hydrogen) atoms. The zero-order chi connectivity index (χ0) is 13.3. The first-order valence-electron chi connectivity index (χ1n) is 6.09. The van der Waals surface area contributed by atoms with Crippen LogP contribution in [0.15, 0.2) is 24.3 Å². The summed E-state index contributed by atoms with van der Waals surface area (Å²) < 4.78 is 0. The predicted octanol–water partition coefficient (Wildman–Crippen LogP) is 4.54. The normalized spacial score (nSPS) is 11.0. The Labute approximate surface area is 113 Å². The van der Waals surface area contributed by atoms with Gasteiger partial charge in [-0.15, -0.1) is 0 Å². The lowest BCUT2D eigenvalue weighted by atomic mass is 10.0. The Morgan fingerprint density at radius 2 is 1.72 bits per heavy atom. The minimum atomic E-state index is 0.272. The molecule has 2 nitrogen and oxygen atoms in total. The van der Waals surface area contributed by atoms with Crippen LogP contribution < -0.4 is 0 Å². The molecule has 0 amide bonds. The molecule has 0 aliphatic heterocycles. The zero-order valence-electron chi connectivity index (χ0n) is 11.2. The third-order valence-electron chi connectivity index (χ3n) is 3.03. The van der Waals surface area contributed by atoms with Crippen LogP contribution in [0.3, 0.4) is 0 Å². The Hall–Kier alpha value is -1.41. The van der Waals surface area contributed by atoms with Crippen molar-refractivity contribution in [3.05, 3.63) is 46.4 Å². The maximum Gasteiger partial charge on any atom is 0.133 e. The van der Waals surface area contributed by atoms with E-state index in [1.165, 1.54) is 11.1 Å². The van der Waals surface area contributed by atoms with Gasteiger partial charge in [0, 0.05) is 17.5 Å². The van der Waals surface area contributed by atoms with E-state index in [1.54, 1.807) is 0 Å². The second-order valence-corrected chi connectivity index (χ2v) is 5.28. The van der Waals surface area contributed by atoms with Crippen LogP contribution in [0.25, 0.3) is 11.3 Å². The third-order valence-corrected chi connectivity index (χ3v) is 3.22. The molecule has 0 aliphatic carbocycles. The van der Waals surface area contributed by atoms with Crippen LogP contribution in [0.2, 0.25) is 5.15 Å². The third kappa shape index (κ3) is 2.70. The molecule has 0 aliphatic rings. The number of halogens is 1. The van der Waals surface area contributed by atoms with Crippen LogP contribution in [0.1, 0.15) is 36.7 Å². The Balaban J connectivity index is 2.53. The molecule has 0 N–H and O–H groups in total. The molecule has 0 spiro atoms. The number of benzene rings is 1. The molecule has 2 rings (SSSR count). The Bertz CT molecular complexity index is 577. The second-order valence-electron chi connectivity index (χ2n) is 4.89. The van der Waals surface area contributed by atoms with Gasteiger partial charge in [-0.2, -0.15) is 0 Å². The van der Waals surface area contributed by atoms with Gasteiger partial charge in [-0.1, -0.05) is 37.6 Å². The number of aromatic nitrogens is 2. The van der Waals surface area contributed by atoms with Crippen molar-refractivity contribution < 1.29 is 0 Å². The summed E-state index contributed by atoms with van der Waals surface area (Å²) >= 11 is 6.06. The lowest BCUT2D eigenvalue weighted by Gasteiger charge is -2.09. The van der Waals surface area contributed by atoms with Crippen molar-refractivity contribution in [1.82, 2.24) is 9.97 Å². The maximum atomic E-state index is 6.06. The van der Waals surface area contributed by atoms with Crippen molar-refractivity contribution >= 4 is 11.6 Å². The van der Waals surface area contributed by atoms with Crippen molar-refractivity contribution in [2.45, 2.75) is 33.6 Å². The lowest BCUT2D eigenvalue weighted by molar-refractivity contribution is 0.776. The van der Waals surface area contributed by atoms with Crippen LogP contribution in [0.4, 0.5) is 0 Å². The Morgan fingerprint density at radius 1 is 1.00 bits per heavy atom. The molecule has 0 saturated carbocycles. The fourth-order valence-electron chi connectivity index (χ4n) is 1.74. The molecule has 1 heterocycles. The topological polar surface area (TPSA) is 25.8 Å². The summed E-state index contributed by atoms with van der Waals surface area (Å²) in [4.78, 5) is 8.83. The van der Waals surface area contributed by atoms with Crippen molar-refractivity contribution in [3.8, 4) is 11.3 Å². The van der Waals surface area contributed by atoms with E-state index in [2.05, 4.69) is 55.9 Å². The van der Waals surface area contributed by atoms with Gasteiger partial charge >= 0.3 is 0 Å². The molecule has 3 heteroatoms. The first-order chi connectivity index (χ1) is 8.47. The molecular formula is C15H17ClN2. The molecular weight excluding hydrogens is 244 g/mol. The minimum absolute atomic E-state index is 0.272. The second kappa shape index (κ2) is 5.07. The van der Waals surface area contributed by atoms with Gasteiger partial charge in [0.05, 0.1) is 5.69 Å². The van der Waals surface area contributed by atoms with Crippen LogP contribution in [0.5, 0.6) is 0 Å². The molecule has 0 saturated heterocycles. The van der Waals surface area contributed by atoms with E-state index < -0.39 is 0 Å². The van der Waals surface area contributed by atoms with Gasteiger partial charge < -0.3 is 0 Å². The van der Waals surface area contributed by atoms with Crippen LogP contribution in [-0.4, -0.2) is 9.97 Å². The number of hydrogen-bond donors (Lipinski definition) is 0. The molecule has 0 bridgehead atoms. The lowest BCUT2D eigenvalue weighted by Crippen LogP contribution is -1.99. The number of hydrogen-bond acceptors (Lipinski definition) is 2. The standard InChI is InChI=1S/C15H17ClN2/c1-9(2)15-17-13(8-14(16)18-15)12-6-5-10(3)11(4)7-12/h5-9H,1-4H3. The number of nitrogens with zero attached hydrogens (tertiary/aromatic N) is 2. The molecule has 94 valence electrons. The molecule has 0 radical (unpaired) electrons. The van der Waals surface area contributed by atoms with Gasteiger partial charge in [-0.3, -0.25) is 0 Å². The average Bonchev–Trinajstić information content (AvgIpc) is 2.31. The summed E-state index contributed by atoms with van der Waals surface area (Å²) in [5, 5.41) is 0.502. The molecule has 0 fully saturated rings. The predicted molar refractivity (Wildman–Crippen MR) is 76.0 cm³/mol. The van der Waals surface area contributed by atoms with E-state index in [9.17, 15) is 0 Å². The highest BCUT2D eigenvalue weighted by atomic mass is 35.5. The fraction of sp³-hybridized carbons (Fsp3) is 0.333. The maximum absolute atomic E-state index is 6.06. The van der Waals surface area contributed by atoms with Crippen molar-refractivity contribution in [1.29, 1.82) is 0 Å². The highest BCUT2D eigenvalue weighted by molar-refractivity contribution is 6.29. The van der Waals surface area contributed by atoms with E-state index in [-0.39, 0.29) is 5.92 Å². The van der Waals surface area contributed by atoms with E-state index in [4.69, 9.17) is 11.6 Å².